The number of rotatable bonds is 6. The molecule has 2 nitrogen and oxygen atoms in total. The smallest absolute Gasteiger partial charge is 0.138 e. The number of ether oxygens (including phenoxy) is 1. The van der Waals surface area contributed by atoms with Crippen LogP contribution in [0.25, 0.3) is 0 Å². The molecule has 0 saturated carbocycles. The minimum atomic E-state index is 0.326. The molecule has 0 spiro atoms. The third kappa shape index (κ3) is 5.31. The lowest BCUT2D eigenvalue weighted by Gasteiger charge is -2.12. The van der Waals surface area contributed by atoms with E-state index in [1.807, 2.05) is 48.5 Å². The van der Waals surface area contributed by atoms with Gasteiger partial charge in [-0.15, -0.1) is 0 Å². The quantitative estimate of drug-likeness (QED) is 0.400. The van der Waals surface area contributed by atoms with Crippen molar-refractivity contribution in [1.29, 1.82) is 0 Å². The Kier molecular flexibility index (Phi) is 6.71. The second-order valence-electron chi connectivity index (χ2n) is 5.65. The van der Waals surface area contributed by atoms with Crippen LogP contribution >= 0.6 is 50.7 Å². The van der Waals surface area contributed by atoms with Gasteiger partial charge in [0.1, 0.15) is 12.4 Å². The van der Waals surface area contributed by atoms with Gasteiger partial charge in [-0.25, -0.2) is 0 Å². The average molecular weight is 472 g/mol. The molecule has 0 aliphatic heterocycles. The molecule has 3 rings (SSSR count). The fourth-order valence-corrected chi connectivity index (χ4v) is 3.32. The highest BCUT2D eigenvalue weighted by Gasteiger charge is 2.06. The summed E-state index contributed by atoms with van der Waals surface area (Å²) in [5.41, 5.74) is 2.96. The minimum absolute atomic E-state index is 0.326. The van der Waals surface area contributed by atoms with Crippen molar-refractivity contribution in [2.24, 2.45) is 0 Å². The molecule has 0 unspecified atom stereocenters. The first kappa shape index (κ1) is 19.4. The van der Waals surface area contributed by atoms with Crippen molar-refractivity contribution >= 4 is 56.4 Å². The lowest BCUT2D eigenvalue weighted by Crippen LogP contribution is -2.00. The average Bonchev–Trinajstić information content (AvgIpc) is 2.62. The molecule has 0 radical (unpaired) electrons. The third-order valence-electron chi connectivity index (χ3n) is 3.74. The molecule has 26 heavy (non-hydrogen) atoms. The van der Waals surface area contributed by atoms with Crippen LogP contribution in [0.15, 0.2) is 65.1 Å². The largest absolute Gasteiger partial charge is 0.487 e. The van der Waals surface area contributed by atoms with Gasteiger partial charge in [-0.05, 0) is 54.1 Å². The Morgan fingerprint density at radius 2 is 1.62 bits per heavy atom. The number of hydrogen-bond donors (Lipinski definition) is 1. The molecule has 0 saturated heterocycles. The number of hydrogen-bond acceptors (Lipinski definition) is 2. The normalized spacial score (nSPS) is 10.6. The summed E-state index contributed by atoms with van der Waals surface area (Å²) in [6.07, 6.45) is 0. The lowest BCUT2D eigenvalue weighted by atomic mass is 10.2. The van der Waals surface area contributed by atoms with E-state index in [1.54, 1.807) is 12.1 Å². The van der Waals surface area contributed by atoms with Gasteiger partial charge in [0, 0.05) is 32.3 Å². The van der Waals surface area contributed by atoms with Gasteiger partial charge in [-0.2, -0.15) is 0 Å². The van der Waals surface area contributed by atoms with Crippen molar-refractivity contribution in [2.45, 2.75) is 13.2 Å². The van der Waals surface area contributed by atoms with Crippen LogP contribution in [0.5, 0.6) is 5.75 Å². The van der Waals surface area contributed by atoms with Crippen LogP contribution in [0.2, 0.25) is 15.1 Å². The van der Waals surface area contributed by atoms with Gasteiger partial charge in [-0.3, -0.25) is 0 Å². The van der Waals surface area contributed by atoms with Crippen LogP contribution in [0.3, 0.4) is 0 Å². The summed E-state index contributed by atoms with van der Waals surface area (Å²) in [7, 11) is 0. The first-order valence-electron chi connectivity index (χ1n) is 7.86. The van der Waals surface area contributed by atoms with Crippen LogP contribution in [0.1, 0.15) is 11.1 Å². The zero-order chi connectivity index (χ0) is 18.5. The molecule has 0 fully saturated rings. The monoisotopic (exact) mass is 469 g/mol. The van der Waals surface area contributed by atoms with E-state index >= 15 is 0 Å². The fourth-order valence-electron chi connectivity index (χ4n) is 2.34. The Bertz CT molecular complexity index is 900. The summed E-state index contributed by atoms with van der Waals surface area (Å²) in [5, 5.41) is 5.09. The van der Waals surface area contributed by atoms with Crippen molar-refractivity contribution in [3.05, 3.63) is 91.3 Å². The van der Waals surface area contributed by atoms with Crippen molar-refractivity contribution in [1.82, 2.24) is 0 Å². The van der Waals surface area contributed by atoms with Crippen LogP contribution in [0, 0.1) is 0 Å². The van der Waals surface area contributed by atoms with Gasteiger partial charge in [0.05, 0.1) is 5.02 Å². The van der Waals surface area contributed by atoms with E-state index in [1.165, 1.54) is 0 Å². The first-order valence-corrected chi connectivity index (χ1v) is 9.78. The zero-order valence-electron chi connectivity index (χ0n) is 13.6. The van der Waals surface area contributed by atoms with Crippen molar-refractivity contribution < 1.29 is 4.74 Å². The molecule has 0 aliphatic rings. The van der Waals surface area contributed by atoms with E-state index in [2.05, 4.69) is 21.2 Å². The lowest BCUT2D eigenvalue weighted by molar-refractivity contribution is 0.306. The zero-order valence-corrected chi connectivity index (χ0v) is 17.5. The third-order valence-corrected chi connectivity index (χ3v) is 5.15. The summed E-state index contributed by atoms with van der Waals surface area (Å²) in [6, 6.07) is 19.1. The molecule has 0 bridgehead atoms. The highest BCUT2D eigenvalue weighted by atomic mass is 79.9. The van der Waals surface area contributed by atoms with E-state index < -0.39 is 0 Å². The molecule has 0 heterocycles. The van der Waals surface area contributed by atoms with E-state index in [4.69, 9.17) is 39.5 Å². The first-order chi connectivity index (χ1) is 12.5. The van der Waals surface area contributed by atoms with Gasteiger partial charge < -0.3 is 10.1 Å². The van der Waals surface area contributed by atoms with Crippen molar-refractivity contribution in [2.75, 3.05) is 5.32 Å². The number of benzene rings is 3. The second-order valence-corrected chi connectivity index (χ2v) is 7.82. The number of anilines is 1. The molecule has 0 aliphatic carbocycles. The Hall–Kier alpha value is -1.39. The molecule has 3 aromatic carbocycles. The molecule has 3 aromatic rings. The van der Waals surface area contributed by atoms with E-state index in [0.717, 1.165) is 21.3 Å². The topological polar surface area (TPSA) is 21.3 Å². The van der Waals surface area contributed by atoms with Crippen LogP contribution in [-0.4, -0.2) is 0 Å². The van der Waals surface area contributed by atoms with E-state index in [9.17, 15) is 0 Å². The minimum Gasteiger partial charge on any atom is -0.487 e. The van der Waals surface area contributed by atoms with E-state index in [-0.39, 0.29) is 0 Å². The second kappa shape index (κ2) is 9.01. The van der Waals surface area contributed by atoms with Crippen molar-refractivity contribution in [3.8, 4) is 5.75 Å². The van der Waals surface area contributed by atoms with Gasteiger partial charge in [-0.1, -0.05) is 62.9 Å². The predicted octanol–water partition coefficient (Wildman–Crippen LogP) is 7.60. The van der Waals surface area contributed by atoms with Crippen LogP contribution < -0.4 is 10.1 Å². The van der Waals surface area contributed by atoms with Crippen LogP contribution in [-0.2, 0) is 13.2 Å². The van der Waals surface area contributed by atoms with Gasteiger partial charge in [0.15, 0.2) is 0 Å². The molecular formula is C20H15BrCl3NO. The highest BCUT2D eigenvalue weighted by molar-refractivity contribution is 9.10. The standard InChI is InChI=1S/C20H15BrCl3NO/c21-15-3-6-17(7-4-15)25-11-13-1-8-20(19(24)9-13)26-12-14-2-5-16(22)10-18(14)23/h1-10,25H,11-12H2. The van der Waals surface area contributed by atoms with E-state index in [0.29, 0.717) is 34.0 Å². The SMILES string of the molecule is Clc1ccc(COc2ccc(CNc3ccc(Br)cc3)cc2Cl)c(Cl)c1. The summed E-state index contributed by atoms with van der Waals surface area (Å²) in [5.74, 6) is 0.616. The maximum absolute atomic E-state index is 6.35. The van der Waals surface area contributed by atoms with Gasteiger partial charge in [0.2, 0.25) is 0 Å². The maximum Gasteiger partial charge on any atom is 0.138 e. The van der Waals surface area contributed by atoms with Gasteiger partial charge in [0.25, 0.3) is 0 Å². The number of nitrogens with one attached hydrogen (secondary N) is 1. The molecule has 134 valence electrons. The molecule has 0 amide bonds. The van der Waals surface area contributed by atoms with Gasteiger partial charge >= 0.3 is 0 Å². The Morgan fingerprint density at radius 1 is 0.846 bits per heavy atom. The summed E-state index contributed by atoms with van der Waals surface area (Å²) in [6.45, 7) is 0.997. The summed E-state index contributed by atoms with van der Waals surface area (Å²) in [4.78, 5) is 0. The summed E-state index contributed by atoms with van der Waals surface area (Å²) < 4.78 is 6.84. The Morgan fingerprint density at radius 3 is 2.31 bits per heavy atom. The predicted molar refractivity (Wildman–Crippen MR) is 114 cm³/mol. The van der Waals surface area contributed by atoms with Crippen molar-refractivity contribution in [3.63, 3.8) is 0 Å². The molecule has 6 heteroatoms. The Balaban J connectivity index is 1.60. The number of halogens is 4. The Labute approximate surface area is 176 Å². The maximum atomic E-state index is 6.35. The fraction of sp³-hybridized carbons (Fsp3) is 0.100. The molecular weight excluding hydrogens is 456 g/mol. The summed E-state index contributed by atoms with van der Waals surface area (Å²) >= 11 is 21.8. The van der Waals surface area contributed by atoms with Crippen LogP contribution in [0.4, 0.5) is 5.69 Å². The highest BCUT2D eigenvalue weighted by Crippen LogP contribution is 2.28. The molecule has 0 atom stereocenters. The molecule has 0 aromatic heterocycles. The molecule has 1 N–H and O–H groups in total.